The van der Waals surface area contributed by atoms with Crippen molar-refractivity contribution in [3.05, 3.63) is 28.0 Å². The Kier molecular flexibility index (Phi) is 5.53. The molecule has 0 fully saturated rings. The van der Waals surface area contributed by atoms with E-state index in [1.165, 1.54) is 6.42 Å². The zero-order chi connectivity index (χ0) is 12.1. The highest BCUT2D eigenvalue weighted by Crippen LogP contribution is 2.18. The topological polar surface area (TPSA) is 16.1 Å². The number of nitrogens with zero attached hydrogens (tertiary/aromatic N) is 2. The molecule has 0 unspecified atom stereocenters. The van der Waals surface area contributed by atoms with E-state index in [1.54, 1.807) is 12.1 Å². The molecule has 0 radical (unpaired) electrons. The smallest absolute Gasteiger partial charge is 0.129 e. The van der Waals surface area contributed by atoms with Crippen LogP contribution in [0.5, 0.6) is 0 Å². The number of halogens is 2. The Bertz CT molecular complexity index is 340. The monoisotopic (exact) mass is 260 g/mol. The normalized spacial score (nSPS) is 11.4. The lowest BCUT2D eigenvalue weighted by molar-refractivity contribution is 0.300. The van der Waals surface area contributed by atoms with Crippen LogP contribution in [-0.4, -0.2) is 23.5 Å². The molecule has 16 heavy (non-hydrogen) atoms. The molecular formula is C12H18Cl2N2. The van der Waals surface area contributed by atoms with E-state index in [1.807, 2.05) is 0 Å². The second-order valence-electron chi connectivity index (χ2n) is 4.48. The number of pyridine rings is 1. The summed E-state index contributed by atoms with van der Waals surface area (Å²) in [6, 6.07) is 3.50. The fourth-order valence-corrected chi connectivity index (χ4v) is 1.71. The lowest BCUT2D eigenvalue weighted by Gasteiger charge is -2.17. The minimum absolute atomic E-state index is 0.497. The zero-order valence-electron chi connectivity index (χ0n) is 10.0. The maximum absolute atomic E-state index is 6.06. The Morgan fingerprint density at radius 1 is 1.31 bits per heavy atom. The van der Waals surface area contributed by atoms with Crippen LogP contribution in [0, 0.1) is 5.92 Å². The maximum atomic E-state index is 6.06. The van der Waals surface area contributed by atoms with E-state index in [0.29, 0.717) is 16.1 Å². The van der Waals surface area contributed by atoms with Crippen LogP contribution in [0.3, 0.4) is 0 Å². The van der Waals surface area contributed by atoms with Gasteiger partial charge in [0.2, 0.25) is 0 Å². The summed E-state index contributed by atoms with van der Waals surface area (Å²) in [5, 5.41) is 1.18. The van der Waals surface area contributed by atoms with Crippen LogP contribution < -0.4 is 0 Å². The van der Waals surface area contributed by atoms with Crippen LogP contribution in [0.2, 0.25) is 10.2 Å². The van der Waals surface area contributed by atoms with Crippen LogP contribution in [0.25, 0.3) is 0 Å². The van der Waals surface area contributed by atoms with Gasteiger partial charge in [-0.1, -0.05) is 37.0 Å². The van der Waals surface area contributed by atoms with Crippen LogP contribution >= 0.6 is 23.2 Å². The average molecular weight is 261 g/mol. The van der Waals surface area contributed by atoms with Gasteiger partial charge in [-0.3, -0.25) is 0 Å². The van der Waals surface area contributed by atoms with Crippen molar-refractivity contribution in [2.24, 2.45) is 5.92 Å². The van der Waals surface area contributed by atoms with Gasteiger partial charge >= 0.3 is 0 Å². The summed E-state index contributed by atoms with van der Waals surface area (Å²) in [5.41, 5.74) is 0.848. The molecule has 0 aliphatic carbocycles. The highest BCUT2D eigenvalue weighted by molar-refractivity contribution is 6.32. The van der Waals surface area contributed by atoms with Crippen molar-refractivity contribution in [3.63, 3.8) is 0 Å². The lowest BCUT2D eigenvalue weighted by Crippen LogP contribution is -2.21. The Morgan fingerprint density at radius 2 is 2.00 bits per heavy atom. The van der Waals surface area contributed by atoms with E-state index in [4.69, 9.17) is 23.2 Å². The molecule has 1 aromatic rings. The van der Waals surface area contributed by atoms with Gasteiger partial charge in [0.15, 0.2) is 0 Å². The van der Waals surface area contributed by atoms with Crippen molar-refractivity contribution < 1.29 is 0 Å². The second kappa shape index (κ2) is 6.43. The maximum Gasteiger partial charge on any atom is 0.129 e. The van der Waals surface area contributed by atoms with E-state index in [0.717, 1.165) is 18.8 Å². The number of hydrogen-bond acceptors (Lipinski definition) is 2. The molecule has 0 amide bonds. The van der Waals surface area contributed by atoms with Crippen molar-refractivity contribution >= 4 is 23.2 Å². The largest absolute Gasteiger partial charge is 0.300 e. The second-order valence-corrected chi connectivity index (χ2v) is 5.28. The molecule has 4 heteroatoms. The first-order chi connectivity index (χ1) is 7.49. The summed E-state index contributed by atoms with van der Waals surface area (Å²) in [6.07, 6.45) is 1.18. The Balaban J connectivity index is 2.55. The summed E-state index contributed by atoms with van der Waals surface area (Å²) >= 11 is 11.9. The van der Waals surface area contributed by atoms with E-state index in [-0.39, 0.29) is 0 Å². The summed E-state index contributed by atoms with van der Waals surface area (Å²) in [7, 11) is 2.07. The van der Waals surface area contributed by atoms with Crippen LogP contribution in [0.15, 0.2) is 12.1 Å². The highest BCUT2D eigenvalue weighted by atomic mass is 35.5. The van der Waals surface area contributed by atoms with Gasteiger partial charge in [-0.2, -0.15) is 0 Å². The SMILES string of the molecule is CC(C)CCN(C)Cc1nc(Cl)ccc1Cl. The number of rotatable bonds is 5. The lowest BCUT2D eigenvalue weighted by atomic mass is 10.1. The molecule has 0 aromatic carbocycles. The highest BCUT2D eigenvalue weighted by Gasteiger charge is 2.07. The Labute approximate surface area is 108 Å². The third kappa shape index (κ3) is 4.69. The van der Waals surface area contributed by atoms with Crippen molar-refractivity contribution in [1.29, 1.82) is 0 Å². The molecule has 0 spiro atoms. The third-order valence-electron chi connectivity index (χ3n) is 2.39. The molecule has 1 rings (SSSR count). The first-order valence-electron chi connectivity index (χ1n) is 5.48. The molecule has 90 valence electrons. The van der Waals surface area contributed by atoms with Gasteiger partial charge in [0.05, 0.1) is 10.7 Å². The van der Waals surface area contributed by atoms with Gasteiger partial charge in [-0.05, 0) is 38.1 Å². The molecule has 0 N–H and O–H groups in total. The molecule has 0 saturated heterocycles. The van der Waals surface area contributed by atoms with E-state index < -0.39 is 0 Å². The molecular weight excluding hydrogens is 243 g/mol. The van der Waals surface area contributed by atoms with Crippen LogP contribution in [0.4, 0.5) is 0 Å². The molecule has 1 aromatic heterocycles. The first-order valence-corrected chi connectivity index (χ1v) is 6.24. The van der Waals surface area contributed by atoms with E-state index in [9.17, 15) is 0 Å². The van der Waals surface area contributed by atoms with Gasteiger partial charge in [0.1, 0.15) is 5.15 Å². The summed E-state index contributed by atoms with van der Waals surface area (Å²) in [4.78, 5) is 6.44. The van der Waals surface area contributed by atoms with Crippen molar-refractivity contribution in [2.75, 3.05) is 13.6 Å². The molecule has 0 bridgehead atoms. The van der Waals surface area contributed by atoms with Gasteiger partial charge in [0.25, 0.3) is 0 Å². The standard InChI is InChI=1S/C12H18Cl2N2/c1-9(2)6-7-16(3)8-11-10(13)4-5-12(14)15-11/h4-5,9H,6-8H2,1-3H3. The molecule has 0 saturated carbocycles. The molecule has 0 aliphatic heterocycles. The van der Waals surface area contributed by atoms with Crippen molar-refractivity contribution in [1.82, 2.24) is 9.88 Å². The van der Waals surface area contributed by atoms with Gasteiger partial charge in [-0.15, -0.1) is 0 Å². The number of hydrogen-bond donors (Lipinski definition) is 0. The van der Waals surface area contributed by atoms with Crippen molar-refractivity contribution in [3.8, 4) is 0 Å². The fraction of sp³-hybridized carbons (Fsp3) is 0.583. The van der Waals surface area contributed by atoms with Gasteiger partial charge in [-0.25, -0.2) is 4.98 Å². The molecule has 1 heterocycles. The van der Waals surface area contributed by atoms with Gasteiger partial charge in [0, 0.05) is 6.54 Å². The molecule has 0 atom stereocenters. The molecule has 0 aliphatic rings. The predicted octanol–water partition coefficient (Wildman–Crippen LogP) is 3.87. The van der Waals surface area contributed by atoms with Crippen LogP contribution in [-0.2, 0) is 6.54 Å². The summed E-state index contributed by atoms with van der Waals surface area (Å²) in [6.45, 7) is 6.23. The third-order valence-corrected chi connectivity index (χ3v) is 2.95. The van der Waals surface area contributed by atoms with Crippen LogP contribution in [0.1, 0.15) is 26.0 Å². The number of aromatic nitrogens is 1. The Hall–Kier alpha value is -0.310. The zero-order valence-corrected chi connectivity index (χ0v) is 11.5. The Morgan fingerprint density at radius 3 is 2.62 bits per heavy atom. The van der Waals surface area contributed by atoms with E-state index in [2.05, 4.69) is 30.8 Å². The molecule has 2 nitrogen and oxygen atoms in total. The first kappa shape index (κ1) is 13.8. The van der Waals surface area contributed by atoms with Crippen molar-refractivity contribution in [2.45, 2.75) is 26.8 Å². The quantitative estimate of drug-likeness (QED) is 0.748. The summed E-state index contributed by atoms with van der Waals surface area (Å²) in [5.74, 6) is 0.713. The predicted molar refractivity (Wildman–Crippen MR) is 70.0 cm³/mol. The van der Waals surface area contributed by atoms with Gasteiger partial charge < -0.3 is 4.90 Å². The minimum Gasteiger partial charge on any atom is -0.300 e. The van der Waals surface area contributed by atoms with E-state index >= 15 is 0 Å². The summed E-state index contributed by atoms with van der Waals surface area (Å²) < 4.78 is 0. The average Bonchev–Trinajstić information content (AvgIpc) is 2.20. The minimum atomic E-state index is 0.497. The fourth-order valence-electron chi connectivity index (χ4n) is 1.38.